The van der Waals surface area contributed by atoms with Gasteiger partial charge in [0.15, 0.2) is 0 Å². The lowest BCUT2D eigenvalue weighted by molar-refractivity contribution is -0.138. The number of hydrogen-bond donors (Lipinski definition) is 2. The van der Waals surface area contributed by atoms with E-state index < -0.39 is 12.0 Å². The fourth-order valence-electron chi connectivity index (χ4n) is 1.95. The fraction of sp³-hybridized carbons (Fsp3) is 0.545. The van der Waals surface area contributed by atoms with Crippen LogP contribution in [-0.4, -0.2) is 32.8 Å². The number of nitrogens with one attached hydrogen (secondary N) is 1. The van der Waals surface area contributed by atoms with E-state index >= 15 is 0 Å². The number of hydrogen-bond acceptors (Lipinski definition) is 3. The molecule has 2 heterocycles. The molecule has 0 aliphatic carbocycles. The number of fused-ring (bicyclic) bond motifs is 1. The van der Waals surface area contributed by atoms with Crippen molar-refractivity contribution in [3.8, 4) is 0 Å². The summed E-state index contributed by atoms with van der Waals surface area (Å²) in [6.07, 6.45) is 4.45. The van der Waals surface area contributed by atoms with Crippen LogP contribution in [0.15, 0.2) is 6.20 Å². The molecule has 0 radical (unpaired) electrons. The molecule has 2 rings (SSSR count). The molecule has 6 heteroatoms. The van der Waals surface area contributed by atoms with Gasteiger partial charge in [0.25, 0.3) is 5.91 Å². The molecule has 0 unspecified atom stereocenters. The summed E-state index contributed by atoms with van der Waals surface area (Å²) in [5, 5.41) is 15.3. The van der Waals surface area contributed by atoms with Gasteiger partial charge in [0.2, 0.25) is 0 Å². The van der Waals surface area contributed by atoms with Gasteiger partial charge in [-0.05, 0) is 26.2 Å². The van der Waals surface area contributed by atoms with Gasteiger partial charge in [0.05, 0.1) is 17.5 Å². The Morgan fingerprint density at radius 1 is 1.53 bits per heavy atom. The number of rotatable bonds is 3. The number of carboxylic acids is 1. The van der Waals surface area contributed by atoms with Crippen LogP contribution in [0.5, 0.6) is 0 Å². The summed E-state index contributed by atoms with van der Waals surface area (Å²) < 4.78 is 1.82. The van der Waals surface area contributed by atoms with Gasteiger partial charge < -0.3 is 10.4 Å². The van der Waals surface area contributed by atoms with Crippen molar-refractivity contribution in [2.45, 2.75) is 38.8 Å². The Labute approximate surface area is 98.6 Å². The van der Waals surface area contributed by atoms with Gasteiger partial charge in [0, 0.05) is 6.54 Å². The van der Waals surface area contributed by atoms with Crippen LogP contribution >= 0.6 is 0 Å². The quantitative estimate of drug-likeness (QED) is 0.798. The molecule has 1 aromatic heterocycles. The third-order valence-electron chi connectivity index (χ3n) is 2.94. The summed E-state index contributed by atoms with van der Waals surface area (Å²) in [5.41, 5.74) is 1.41. The van der Waals surface area contributed by atoms with E-state index in [2.05, 4.69) is 10.4 Å². The molecule has 1 aliphatic heterocycles. The average Bonchev–Trinajstić information content (AvgIpc) is 2.72. The number of nitrogens with zero attached hydrogens (tertiary/aromatic N) is 2. The first kappa shape index (κ1) is 11.6. The van der Waals surface area contributed by atoms with E-state index in [0.29, 0.717) is 5.56 Å². The molecule has 0 saturated heterocycles. The fourth-order valence-corrected chi connectivity index (χ4v) is 1.95. The van der Waals surface area contributed by atoms with Gasteiger partial charge in [-0.2, -0.15) is 5.10 Å². The van der Waals surface area contributed by atoms with Crippen LogP contribution < -0.4 is 5.32 Å². The highest BCUT2D eigenvalue weighted by Crippen LogP contribution is 2.17. The highest BCUT2D eigenvalue weighted by Gasteiger charge is 2.22. The maximum Gasteiger partial charge on any atom is 0.325 e. The number of amides is 1. The van der Waals surface area contributed by atoms with Crippen LogP contribution in [0.25, 0.3) is 0 Å². The first-order valence-electron chi connectivity index (χ1n) is 5.68. The van der Waals surface area contributed by atoms with E-state index in [-0.39, 0.29) is 5.91 Å². The molecule has 1 aliphatic rings. The third-order valence-corrected chi connectivity index (χ3v) is 2.94. The number of carboxylic acid groups (broad SMARTS) is 1. The Hall–Kier alpha value is -1.85. The van der Waals surface area contributed by atoms with Gasteiger partial charge in [-0.1, -0.05) is 0 Å². The molecular formula is C11H15N3O3. The lowest BCUT2D eigenvalue weighted by Gasteiger charge is -2.15. The number of aromatic nitrogens is 2. The molecule has 1 atom stereocenters. The molecule has 0 fully saturated rings. The summed E-state index contributed by atoms with van der Waals surface area (Å²) in [4.78, 5) is 22.5. The zero-order chi connectivity index (χ0) is 12.4. The minimum absolute atomic E-state index is 0.358. The van der Waals surface area contributed by atoms with Crippen LogP contribution in [0.4, 0.5) is 0 Å². The van der Waals surface area contributed by atoms with Crippen molar-refractivity contribution in [3.63, 3.8) is 0 Å². The Morgan fingerprint density at radius 3 is 3.00 bits per heavy atom. The summed E-state index contributed by atoms with van der Waals surface area (Å²) in [6, 6.07) is -0.887. The molecule has 92 valence electrons. The van der Waals surface area contributed by atoms with Crippen LogP contribution in [0.2, 0.25) is 0 Å². The maximum atomic E-state index is 11.9. The van der Waals surface area contributed by atoms with Crippen molar-refractivity contribution in [2.75, 3.05) is 0 Å². The summed E-state index contributed by atoms with van der Waals surface area (Å²) in [7, 11) is 0. The highest BCUT2D eigenvalue weighted by atomic mass is 16.4. The molecule has 6 nitrogen and oxygen atoms in total. The topological polar surface area (TPSA) is 84.2 Å². The van der Waals surface area contributed by atoms with E-state index in [1.807, 2.05) is 4.68 Å². The molecule has 0 saturated carbocycles. The second kappa shape index (κ2) is 4.57. The number of aliphatic carboxylic acids is 1. The standard InChI is InChI=1S/C11H15N3O3/c1-7(11(16)17)13-10(15)8-6-12-14-5-3-2-4-9(8)14/h6-7H,2-5H2,1H3,(H,13,15)(H,16,17)/t7-/m1/s1. The van der Waals surface area contributed by atoms with Gasteiger partial charge in [-0.3, -0.25) is 14.3 Å². The number of carbonyl (C=O) groups is 2. The zero-order valence-corrected chi connectivity index (χ0v) is 9.64. The Balaban J connectivity index is 2.14. The van der Waals surface area contributed by atoms with Gasteiger partial charge >= 0.3 is 5.97 Å². The van der Waals surface area contributed by atoms with Crippen LogP contribution in [-0.2, 0) is 17.8 Å². The van der Waals surface area contributed by atoms with Gasteiger partial charge in [-0.15, -0.1) is 0 Å². The lowest BCUT2D eigenvalue weighted by Crippen LogP contribution is -2.38. The SMILES string of the molecule is C[C@@H](NC(=O)c1cnn2c1CCCC2)C(=O)O. The Bertz CT molecular complexity index is 453. The minimum atomic E-state index is -1.04. The molecule has 0 bridgehead atoms. The average molecular weight is 237 g/mol. The van der Waals surface area contributed by atoms with E-state index in [1.54, 1.807) is 0 Å². The predicted octanol–water partition coefficient (Wildman–Crippen LogP) is 0.422. The van der Waals surface area contributed by atoms with E-state index in [9.17, 15) is 9.59 Å². The largest absolute Gasteiger partial charge is 0.480 e. The third kappa shape index (κ3) is 2.30. The molecule has 2 N–H and O–H groups in total. The first-order chi connectivity index (χ1) is 8.09. The Kier molecular flexibility index (Phi) is 3.12. The highest BCUT2D eigenvalue weighted by molar-refractivity contribution is 5.97. The summed E-state index contributed by atoms with van der Waals surface area (Å²) >= 11 is 0. The second-order valence-electron chi connectivity index (χ2n) is 4.22. The van der Waals surface area contributed by atoms with Crippen LogP contribution in [0.1, 0.15) is 35.8 Å². The van der Waals surface area contributed by atoms with Gasteiger partial charge in [0.1, 0.15) is 6.04 Å². The van der Waals surface area contributed by atoms with Crippen molar-refractivity contribution in [1.29, 1.82) is 0 Å². The minimum Gasteiger partial charge on any atom is -0.480 e. The summed E-state index contributed by atoms with van der Waals surface area (Å²) in [6.45, 7) is 2.27. The first-order valence-corrected chi connectivity index (χ1v) is 5.68. The van der Waals surface area contributed by atoms with Crippen molar-refractivity contribution >= 4 is 11.9 Å². The molecule has 1 aromatic rings. The molecule has 0 spiro atoms. The van der Waals surface area contributed by atoms with Crippen LogP contribution in [0, 0.1) is 0 Å². The van der Waals surface area contributed by atoms with Crippen molar-refractivity contribution in [1.82, 2.24) is 15.1 Å². The monoisotopic (exact) mass is 237 g/mol. The van der Waals surface area contributed by atoms with Crippen molar-refractivity contribution in [3.05, 3.63) is 17.5 Å². The molecule has 17 heavy (non-hydrogen) atoms. The number of aryl methyl sites for hydroxylation is 1. The number of carbonyl (C=O) groups excluding carboxylic acids is 1. The normalized spacial score (nSPS) is 16.1. The van der Waals surface area contributed by atoms with E-state index in [1.165, 1.54) is 13.1 Å². The van der Waals surface area contributed by atoms with E-state index in [4.69, 9.17) is 5.11 Å². The van der Waals surface area contributed by atoms with Crippen molar-refractivity contribution < 1.29 is 14.7 Å². The zero-order valence-electron chi connectivity index (χ0n) is 9.64. The predicted molar refractivity (Wildman–Crippen MR) is 59.7 cm³/mol. The Morgan fingerprint density at radius 2 is 2.29 bits per heavy atom. The smallest absolute Gasteiger partial charge is 0.325 e. The molecule has 0 aromatic carbocycles. The van der Waals surface area contributed by atoms with E-state index in [0.717, 1.165) is 31.5 Å². The maximum absolute atomic E-state index is 11.9. The van der Waals surface area contributed by atoms with Gasteiger partial charge in [-0.25, -0.2) is 0 Å². The molecule has 1 amide bonds. The molecular weight excluding hydrogens is 222 g/mol. The summed E-state index contributed by atoms with van der Waals surface area (Å²) in [5.74, 6) is -1.40. The van der Waals surface area contributed by atoms with Crippen molar-refractivity contribution in [2.24, 2.45) is 0 Å². The van der Waals surface area contributed by atoms with Crippen LogP contribution in [0.3, 0.4) is 0 Å². The lowest BCUT2D eigenvalue weighted by atomic mass is 10.1. The second-order valence-corrected chi connectivity index (χ2v) is 4.22.